The number of hydrogen-bond acceptors (Lipinski definition) is 3. The number of nitrogens with zero attached hydrogens (tertiary/aromatic N) is 1. The fraction of sp³-hybridized carbons (Fsp3) is 0.478. The molecule has 160 valence electrons. The van der Waals surface area contributed by atoms with Gasteiger partial charge in [-0.15, -0.1) is 24.5 Å². The monoisotopic (exact) mass is 425 g/mol. The smallest absolute Gasteiger partial charge is 0.180 e. The van der Waals surface area contributed by atoms with E-state index in [4.69, 9.17) is 0 Å². The van der Waals surface area contributed by atoms with Crippen molar-refractivity contribution in [2.45, 2.75) is 51.7 Å². The van der Waals surface area contributed by atoms with Crippen molar-refractivity contribution in [3.05, 3.63) is 59.1 Å². The SMILES string of the molecule is C=C.CC.CC(O)(C1CC1c1c(-c2c(F)cccc2F)csc1F)N1CCCC1. The molecule has 4 rings (SSSR count). The Labute approximate surface area is 175 Å². The van der Waals surface area contributed by atoms with Crippen molar-refractivity contribution < 1.29 is 18.3 Å². The van der Waals surface area contributed by atoms with Crippen LogP contribution < -0.4 is 0 Å². The molecule has 2 heterocycles. The van der Waals surface area contributed by atoms with Crippen LogP contribution in [0, 0.1) is 22.7 Å². The van der Waals surface area contributed by atoms with Crippen LogP contribution in [0.25, 0.3) is 11.1 Å². The van der Waals surface area contributed by atoms with E-state index in [1.807, 2.05) is 18.7 Å². The van der Waals surface area contributed by atoms with Crippen LogP contribution in [0.1, 0.15) is 51.5 Å². The van der Waals surface area contributed by atoms with Crippen LogP contribution in [-0.4, -0.2) is 28.8 Å². The van der Waals surface area contributed by atoms with Gasteiger partial charge in [0.25, 0.3) is 0 Å². The molecule has 2 nitrogen and oxygen atoms in total. The average molecular weight is 426 g/mol. The van der Waals surface area contributed by atoms with Gasteiger partial charge in [0, 0.05) is 35.5 Å². The zero-order valence-electron chi connectivity index (χ0n) is 17.4. The highest BCUT2D eigenvalue weighted by molar-refractivity contribution is 7.08. The minimum Gasteiger partial charge on any atom is -0.376 e. The first-order valence-electron chi connectivity index (χ1n) is 10.1. The van der Waals surface area contributed by atoms with E-state index in [1.165, 1.54) is 23.6 Å². The van der Waals surface area contributed by atoms with Crippen molar-refractivity contribution in [3.8, 4) is 11.1 Å². The van der Waals surface area contributed by atoms with Crippen LogP contribution in [0.5, 0.6) is 0 Å². The zero-order chi connectivity index (χ0) is 21.8. The van der Waals surface area contributed by atoms with E-state index in [0.717, 1.165) is 37.3 Å². The first-order valence-corrected chi connectivity index (χ1v) is 11.0. The molecule has 0 bridgehead atoms. The highest BCUT2D eigenvalue weighted by atomic mass is 32.1. The number of halogens is 3. The molecular formula is C23H30F3NOS. The maximum absolute atomic E-state index is 14.5. The lowest BCUT2D eigenvalue weighted by molar-refractivity contribution is -0.101. The van der Waals surface area contributed by atoms with Gasteiger partial charge in [0.1, 0.15) is 17.4 Å². The molecular weight excluding hydrogens is 395 g/mol. The Morgan fingerprint density at radius 1 is 1.10 bits per heavy atom. The number of likely N-dealkylation sites (tertiary alicyclic amines) is 1. The van der Waals surface area contributed by atoms with Gasteiger partial charge in [0.05, 0.1) is 5.56 Å². The summed E-state index contributed by atoms with van der Waals surface area (Å²) >= 11 is 0.861. The van der Waals surface area contributed by atoms with Gasteiger partial charge in [-0.25, -0.2) is 8.78 Å². The molecule has 2 aromatic rings. The Hall–Kier alpha value is -1.63. The summed E-state index contributed by atoms with van der Waals surface area (Å²) in [5.74, 6) is -1.72. The lowest BCUT2D eigenvalue weighted by atomic mass is 9.97. The third-order valence-electron chi connectivity index (χ3n) is 5.62. The van der Waals surface area contributed by atoms with Gasteiger partial charge in [-0.2, -0.15) is 4.39 Å². The number of hydrogen-bond donors (Lipinski definition) is 1. The fourth-order valence-electron chi connectivity index (χ4n) is 4.16. The maximum atomic E-state index is 14.5. The molecule has 1 saturated heterocycles. The van der Waals surface area contributed by atoms with Gasteiger partial charge < -0.3 is 5.11 Å². The standard InChI is InChI=1S/C19H20F3NOS.C2H6.C2H4/c1-19(24,23-7-2-3-8-23)13-9-11(13)16-12(10-25-18(16)22)17-14(20)5-4-6-15(17)21;2*1-2/h4-6,10-11,13,24H,2-3,7-9H2,1H3;1-2H3;1-2H2. The molecule has 2 aliphatic rings. The molecule has 29 heavy (non-hydrogen) atoms. The van der Waals surface area contributed by atoms with E-state index < -0.39 is 22.5 Å². The Morgan fingerprint density at radius 2 is 1.66 bits per heavy atom. The quantitative estimate of drug-likeness (QED) is 0.560. The Balaban J connectivity index is 0.000000707. The Bertz CT molecular complexity index is 794. The first-order chi connectivity index (χ1) is 13.9. The Kier molecular flexibility index (Phi) is 8.09. The molecule has 2 fully saturated rings. The lowest BCUT2D eigenvalue weighted by Gasteiger charge is -2.34. The van der Waals surface area contributed by atoms with Crippen molar-refractivity contribution in [2.24, 2.45) is 5.92 Å². The van der Waals surface area contributed by atoms with E-state index in [2.05, 4.69) is 13.2 Å². The van der Waals surface area contributed by atoms with E-state index in [-0.39, 0.29) is 23.0 Å². The summed E-state index contributed by atoms with van der Waals surface area (Å²) in [5, 5.41) is 12.0. The minimum absolute atomic E-state index is 0.122. The molecule has 1 aromatic heterocycles. The van der Waals surface area contributed by atoms with E-state index in [9.17, 15) is 18.3 Å². The van der Waals surface area contributed by atoms with E-state index >= 15 is 0 Å². The summed E-state index contributed by atoms with van der Waals surface area (Å²) in [5.41, 5.74) is -0.564. The second-order valence-electron chi connectivity index (χ2n) is 7.17. The summed E-state index contributed by atoms with van der Waals surface area (Å²) < 4.78 is 42.8. The fourth-order valence-corrected chi connectivity index (χ4v) is 5.01. The maximum Gasteiger partial charge on any atom is 0.180 e. The highest BCUT2D eigenvalue weighted by Gasteiger charge is 2.54. The second kappa shape index (κ2) is 9.92. The lowest BCUT2D eigenvalue weighted by Crippen LogP contribution is -2.46. The summed E-state index contributed by atoms with van der Waals surface area (Å²) in [7, 11) is 0. The predicted molar refractivity (Wildman–Crippen MR) is 115 cm³/mol. The molecule has 0 radical (unpaired) electrons. The van der Waals surface area contributed by atoms with Gasteiger partial charge in [0.2, 0.25) is 0 Å². The van der Waals surface area contributed by atoms with E-state index in [1.54, 1.807) is 6.92 Å². The molecule has 6 heteroatoms. The van der Waals surface area contributed by atoms with Crippen LogP contribution in [-0.2, 0) is 0 Å². The third kappa shape index (κ3) is 4.60. The normalized spacial score (nSPS) is 22.7. The molecule has 3 unspecified atom stereocenters. The predicted octanol–water partition coefficient (Wildman–Crippen LogP) is 6.57. The number of aliphatic hydroxyl groups is 1. The van der Waals surface area contributed by atoms with Crippen LogP contribution >= 0.6 is 11.3 Å². The summed E-state index contributed by atoms with van der Waals surface area (Å²) in [6.45, 7) is 13.4. The minimum atomic E-state index is -1.01. The largest absolute Gasteiger partial charge is 0.376 e. The molecule has 1 aromatic carbocycles. The van der Waals surface area contributed by atoms with Crippen molar-refractivity contribution in [1.82, 2.24) is 4.90 Å². The molecule has 1 aliphatic heterocycles. The first kappa shape index (κ1) is 23.6. The topological polar surface area (TPSA) is 23.5 Å². The average Bonchev–Trinajstić information content (AvgIpc) is 3.14. The summed E-state index contributed by atoms with van der Waals surface area (Å²) in [4.78, 5) is 2.03. The van der Waals surface area contributed by atoms with Crippen molar-refractivity contribution >= 4 is 11.3 Å². The van der Waals surface area contributed by atoms with Gasteiger partial charge in [-0.3, -0.25) is 4.90 Å². The van der Waals surface area contributed by atoms with Crippen LogP contribution in [0.15, 0.2) is 36.7 Å². The van der Waals surface area contributed by atoms with Gasteiger partial charge in [0.15, 0.2) is 5.13 Å². The van der Waals surface area contributed by atoms with Gasteiger partial charge in [-0.05, 0) is 44.2 Å². The summed E-state index contributed by atoms with van der Waals surface area (Å²) in [6, 6.07) is 3.67. The Morgan fingerprint density at radius 3 is 2.21 bits per heavy atom. The highest BCUT2D eigenvalue weighted by Crippen LogP contribution is 2.58. The van der Waals surface area contributed by atoms with Crippen LogP contribution in [0.3, 0.4) is 0 Å². The molecule has 1 saturated carbocycles. The number of rotatable bonds is 4. The molecule has 0 amide bonds. The van der Waals surface area contributed by atoms with Crippen molar-refractivity contribution in [3.63, 3.8) is 0 Å². The van der Waals surface area contributed by atoms with E-state index in [0.29, 0.717) is 12.0 Å². The summed E-state index contributed by atoms with van der Waals surface area (Å²) in [6.07, 6.45) is 2.72. The van der Waals surface area contributed by atoms with Crippen molar-refractivity contribution in [2.75, 3.05) is 13.1 Å². The van der Waals surface area contributed by atoms with Crippen LogP contribution in [0.2, 0.25) is 0 Å². The molecule has 0 spiro atoms. The van der Waals surface area contributed by atoms with Crippen LogP contribution in [0.4, 0.5) is 13.2 Å². The third-order valence-corrected chi connectivity index (χ3v) is 6.40. The number of thiophene rings is 1. The van der Waals surface area contributed by atoms with Crippen molar-refractivity contribution in [1.29, 1.82) is 0 Å². The molecule has 3 atom stereocenters. The van der Waals surface area contributed by atoms with Gasteiger partial charge in [-0.1, -0.05) is 19.9 Å². The molecule has 1 aliphatic carbocycles. The zero-order valence-corrected chi connectivity index (χ0v) is 18.2. The van der Waals surface area contributed by atoms with Gasteiger partial charge >= 0.3 is 0 Å². The molecule has 1 N–H and O–H groups in total. The second-order valence-corrected chi connectivity index (χ2v) is 8.00. The number of benzene rings is 1.